The summed E-state index contributed by atoms with van der Waals surface area (Å²) < 4.78 is 5.44. The topological polar surface area (TPSA) is 12.5 Å². The maximum absolute atomic E-state index is 5.44. The van der Waals surface area contributed by atoms with Crippen LogP contribution in [0.25, 0.3) is 0 Å². The monoisotopic (exact) mass is 299 g/mol. The third-order valence-corrected chi connectivity index (χ3v) is 5.28. The molecule has 2 heteroatoms. The molecule has 1 aromatic carbocycles. The zero-order valence-electron chi connectivity index (χ0n) is 14.1. The Labute approximate surface area is 135 Å². The molecule has 1 fully saturated rings. The quantitative estimate of drug-likeness (QED) is 0.692. The minimum Gasteiger partial charge on any atom is -0.497 e. The Morgan fingerprint density at radius 1 is 1.32 bits per heavy atom. The van der Waals surface area contributed by atoms with Gasteiger partial charge >= 0.3 is 0 Å². The molecule has 0 amide bonds. The molecular formula is C20H29NO. The zero-order valence-corrected chi connectivity index (χ0v) is 14.1. The van der Waals surface area contributed by atoms with Crippen LogP contribution in [0.4, 0.5) is 0 Å². The van der Waals surface area contributed by atoms with Gasteiger partial charge in [0, 0.05) is 12.0 Å². The van der Waals surface area contributed by atoms with E-state index in [1.165, 1.54) is 57.2 Å². The van der Waals surface area contributed by atoms with Crippen molar-refractivity contribution in [3.63, 3.8) is 0 Å². The van der Waals surface area contributed by atoms with Gasteiger partial charge in [-0.15, -0.1) is 0 Å². The van der Waals surface area contributed by atoms with E-state index in [0.717, 1.165) is 11.7 Å². The van der Waals surface area contributed by atoms with E-state index < -0.39 is 0 Å². The average Bonchev–Trinajstić information content (AvgIpc) is 3.38. The molecular weight excluding hydrogens is 270 g/mol. The van der Waals surface area contributed by atoms with Gasteiger partial charge in [-0.05, 0) is 75.7 Å². The number of hydrogen-bond acceptors (Lipinski definition) is 2. The Morgan fingerprint density at radius 2 is 2.18 bits per heavy atom. The second-order valence-electron chi connectivity index (χ2n) is 7.14. The summed E-state index contributed by atoms with van der Waals surface area (Å²) in [5.74, 6) is 1.95. The SMILES string of the molecule is COc1cccc(C2(CCN(C)CC3CC3)C=CCCC2)c1. The lowest BCUT2D eigenvalue weighted by Gasteiger charge is -2.35. The van der Waals surface area contributed by atoms with Crippen LogP contribution in [0.15, 0.2) is 36.4 Å². The Morgan fingerprint density at radius 3 is 2.86 bits per heavy atom. The molecule has 1 saturated carbocycles. The van der Waals surface area contributed by atoms with Crippen LogP contribution < -0.4 is 4.74 Å². The van der Waals surface area contributed by atoms with Crippen molar-refractivity contribution in [1.82, 2.24) is 4.90 Å². The molecule has 120 valence electrons. The van der Waals surface area contributed by atoms with E-state index >= 15 is 0 Å². The van der Waals surface area contributed by atoms with Crippen LogP contribution >= 0.6 is 0 Å². The number of nitrogens with zero attached hydrogens (tertiary/aromatic N) is 1. The van der Waals surface area contributed by atoms with Gasteiger partial charge in [-0.3, -0.25) is 0 Å². The summed E-state index contributed by atoms with van der Waals surface area (Å²) in [5.41, 5.74) is 1.62. The lowest BCUT2D eigenvalue weighted by atomic mass is 9.71. The summed E-state index contributed by atoms with van der Waals surface area (Å²) in [6.07, 6.45) is 12.7. The highest BCUT2D eigenvalue weighted by Crippen LogP contribution is 2.39. The van der Waals surface area contributed by atoms with Gasteiger partial charge in [0.1, 0.15) is 5.75 Å². The predicted octanol–water partition coefficient (Wildman–Crippen LogP) is 4.41. The van der Waals surface area contributed by atoms with Gasteiger partial charge in [0.25, 0.3) is 0 Å². The molecule has 2 aliphatic carbocycles. The fourth-order valence-electron chi connectivity index (χ4n) is 3.68. The molecule has 1 aromatic rings. The van der Waals surface area contributed by atoms with Crippen molar-refractivity contribution in [2.75, 3.05) is 27.2 Å². The molecule has 0 bridgehead atoms. The van der Waals surface area contributed by atoms with E-state index in [-0.39, 0.29) is 5.41 Å². The van der Waals surface area contributed by atoms with Crippen LogP contribution in [0.5, 0.6) is 5.75 Å². The van der Waals surface area contributed by atoms with Gasteiger partial charge in [-0.2, -0.15) is 0 Å². The molecule has 0 N–H and O–H groups in total. The number of benzene rings is 1. The standard InChI is InChI=1S/C20H29NO/c1-21(16-17-9-10-17)14-13-20(11-4-3-5-12-20)18-7-6-8-19(15-18)22-2/h4,6-8,11,15,17H,3,5,9-10,12-14,16H2,1-2H3. The fourth-order valence-corrected chi connectivity index (χ4v) is 3.68. The van der Waals surface area contributed by atoms with Crippen molar-refractivity contribution in [3.8, 4) is 5.75 Å². The van der Waals surface area contributed by atoms with E-state index in [1.807, 2.05) is 6.07 Å². The number of rotatable bonds is 7. The first kappa shape index (κ1) is 15.6. The molecule has 0 radical (unpaired) electrons. The molecule has 0 saturated heterocycles. The summed E-state index contributed by atoms with van der Waals surface area (Å²) in [7, 11) is 4.04. The van der Waals surface area contributed by atoms with E-state index in [0.29, 0.717) is 0 Å². The number of methoxy groups -OCH3 is 1. The molecule has 0 heterocycles. The van der Waals surface area contributed by atoms with E-state index in [2.05, 4.69) is 42.3 Å². The van der Waals surface area contributed by atoms with Gasteiger partial charge in [0.2, 0.25) is 0 Å². The largest absolute Gasteiger partial charge is 0.497 e. The maximum Gasteiger partial charge on any atom is 0.119 e. The maximum atomic E-state index is 5.44. The van der Waals surface area contributed by atoms with Gasteiger partial charge in [-0.1, -0.05) is 24.3 Å². The molecule has 2 aliphatic rings. The van der Waals surface area contributed by atoms with Gasteiger partial charge in [0.15, 0.2) is 0 Å². The first-order valence-electron chi connectivity index (χ1n) is 8.73. The third kappa shape index (κ3) is 3.73. The van der Waals surface area contributed by atoms with Crippen LogP contribution in [0.1, 0.15) is 44.1 Å². The zero-order chi connectivity index (χ0) is 15.4. The third-order valence-electron chi connectivity index (χ3n) is 5.28. The Balaban J connectivity index is 1.74. The first-order valence-corrected chi connectivity index (χ1v) is 8.73. The summed E-state index contributed by atoms with van der Waals surface area (Å²) >= 11 is 0. The van der Waals surface area contributed by atoms with Crippen molar-refractivity contribution >= 4 is 0 Å². The Kier molecular flexibility index (Phi) is 4.87. The van der Waals surface area contributed by atoms with Crippen LogP contribution in [0, 0.1) is 5.92 Å². The van der Waals surface area contributed by atoms with Crippen LogP contribution in [-0.2, 0) is 5.41 Å². The molecule has 1 atom stereocenters. The second-order valence-corrected chi connectivity index (χ2v) is 7.14. The smallest absolute Gasteiger partial charge is 0.119 e. The Hall–Kier alpha value is -1.28. The number of hydrogen-bond donors (Lipinski definition) is 0. The highest BCUT2D eigenvalue weighted by atomic mass is 16.5. The van der Waals surface area contributed by atoms with Crippen LogP contribution in [0.3, 0.4) is 0 Å². The number of allylic oxidation sites excluding steroid dienone is 2. The normalized spacial score (nSPS) is 24.7. The molecule has 0 aliphatic heterocycles. The minimum absolute atomic E-state index is 0.199. The van der Waals surface area contributed by atoms with Crippen LogP contribution in [-0.4, -0.2) is 32.1 Å². The molecule has 0 aromatic heterocycles. The molecule has 1 unspecified atom stereocenters. The molecule has 2 nitrogen and oxygen atoms in total. The van der Waals surface area contributed by atoms with Crippen LogP contribution in [0.2, 0.25) is 0 Å². The molecule has 0 spiro atoms. The Bertz CT molecular complexity index is 520. The van der Waals surface area contributed by atoms with Gasteiger partial charge in [-0.25, -0.2) is 0 Å². The highest BCUT2D eigenvalue weighted by Gasteiger charge is 2.31. The lowest BCUT2D eigenvalue weighted by molar-refractivity contribution is 0.278. The molecule has 22 heavy (non-hydrogen) atoms. The van der Waals surface area contributed by atoms with Crippen molar-refractivity contribution in [3.05, 3.63) is 42.0 Å². The summed E-state index contributed by atoms with van der Waals surface area (Å²) in [4.78, 5) is 2.53. The van der Waals surface area contributed by atoms with Crippen molar-refractivity contribution in [1.29, 1.82) is 0 Å². The van der Waals surface area contributed by atoms with Gasteiger partial charge < -0.3 is 9.64 Å². The van der Waals surface area contributed by atoms with Gasteiger partial charge in [0.05, 0.1) is 7.11 Å². The summed E-state index contributed by atoms with van der Waals surface area (Å²) in [6, 6.07) is 8.69. The summed E-state index contributed by atoms with van der Waals surface area (Å²) in [6.45, 7) is 2.45. The highest BCUT2D eigenvalue weighted by molar-refractivity contribution is 5.38. The van der Waals surface area contributed by atoms with E-state index in [1.54, 1.807) is 7.11 Å². The van der Waals surface area contributed by atoms with E-state index in [9.17, 15) is 0 Å². The lowest BCUT2D eigenvalue weighted by Crippen LogP contribution is -2.32. The predicted molar refractivity (Wildman–Crippen MR) is 92.5 cm³/mol. The van der Waals surface area contributed by atoms with Crippen molar-refractivity contribution in [2.45, 2.75) is 43.9 Å². The molecule has 3 rings (SSSR count). The first-order chi connectivity index (χ1) is 10.7. The minimum atomic E-state index is 0.199. The summed E-state index contributed by atoms with van der Waals surface area (Å²) in [5, 5.41) is 0. The fraction of sp³-hybridized carbons (Fsp3) is 0.600. The van der Waals surface area contributed by atoms with E-state index in [4.69, 9.17) is 4.74 Å². The van der Waals surface area contributed by atoms with Crippen molar-refractivity contribution in [2.24, 2.45) is 5.92 Å². The average molecular weight is 299 g/mol. The van der Waals surface area contributed by atoms with Crippen molar-refractivity contribution < 1.29 is 4.74 Å². The number of ether oxygens (including phenoxy) is 1. The second kappa shape index (κ2) is 6.87.